The molecule has 0 aromatic rings. The van der Waals surface area contributed by atoms with E-state index in [4.69, 9.17) is 4.74 Å². The molecule has 4 heteroatoms. The molecule has 6 rings (SSSR count). The largest absolute Gasteiger partial charge is 0.369 e. The van der Waals surface area contributed by atoms with Crippen molar-refractivity contribution in [3.8, 4) is 0 Å². The van der Waals surface area contributed by atoms with Crippen molar-refractivity contribution in [2.75, 3.05) is 6.54 Å². The van der Waals surface area contributed by atoms with Crippen LogP contribution in [0.15, 0.2) is 11.1 Å². The number of allylic oxidation sites excluding steroid dienone is 1. The van der Waals surface area contributed by atoms with E-state index < -0.39 is 0 Å². The maximum atomic E-state index is 12.0. The summed E-state index contributed by atoms with van der Waals surface area (Å²) in [5.74, 6) is 3.22. The molecule has 3 aliphatic carbocycles. The molecule has 0 aromatic carbocycles. The Morgan fingerprint density at radius 2 is 1.79 bits per heavy atom. The first-order chi connectivity index (χ1) is 16.4. The molecular weight excluding hydrogens is 420 g/mol. The van der Waals surface area contributed by atoms with Gasteiger partial charge in [-0.05, 0) is 94.4 Å². The van der Waals surface area contributed by atoms with E-state index in [9.17, 15) is 4.79 Å². The number of hydrogen-bond donors (Lipinski definition) is 2. The van der Waals surface area contributed by atoms with Crippen LogP contribution in [0.3, 0.4) is 0 Å². The second-order valence-corrected chi connectivity index (χ2v) is 11.9. The Labute approximate surface area is 209 Å². The molecule has 0 aromatic heterocycles. The summed E-state index contributed by atoms with van der Waals surface area (Å²) in [7, 11) is 0. The van der Waals surface area contributed by atoms with Crippen LogP contribution in [0.2, 0.25) is 0 Å². The Morgan fingerprint density at radius 3 is 2.53 bits per heavy atom. The second-order valence-electron chi connectivity index (χ2n) is 11.9. The van der Waals surface area contributed by atoms with Gasteiger partial charge in [0.25, 0.3) is 0 Å². The summed E-state index contributed by atoms with van der Waals surface area (Å²) in [4.78, 5) is 12.0. The monoisotopic (exact) mass is 472 g/mol. The van der Waals surface area contributed by atoms with Gasteiger partial charge in [-0.15, -0.1) is 0 Å². The standard InChI is InChI=1S/C26H40N2O2.2C2H6/c1-15-14-26(16(2)24-21(30-26)5-4-12-27-24)11-8-17-18-6-7-22-25(3,10-9-23(29)28-22)20(18)13-19(15)17;2*1-2/h16-18,20-22,24,27H,4-14H2,1-3H3,(H,28,29);2*1-2H3. The third kappa shape index (κ3) is 4.09. The molecule has 1 amide bonds. The number of rotatable bonds is 0. The molecule has 2 saturated carbocycles. The van der Waals surface area contributed by atoms with E-state index in [1.807, 2.05) is 27.7 Å². The van der Waals surface area contributed by atoms with Gasteiger partial charge in [-0.1, -0.05) is 52.7 Å². The number of hydrogen-bond acceptors (Lipinski definition) is 3. The van der Waals surface area contributed by atoms with Gasteiger partial charge in [0.1, 0.15) is 0 Å². The van der Waals surface area contributed by atoms with Gasteiger partial charge in [0.05, 0.1) is 11.7 Å². The summed E-state index contributed by atoms with van der Waals surface area (Å²) in [6.07, 6.45) is 12.2. The molecule has 3 aliphatic heterocycles. The quantitative estimate of drug-likeness (QED) is 0.401. The van der Waals surface area contributed by atoms with E-state index in [-0.39, 0.29) is 11.5 Å². The minimum absolute atomic E-state index is 0.0590. The molecule has 9 atom stereocenters. The highest BCUT2D eigenvalue weighted by Crippen LogP contribution is 2.62. The van der Waals surface area contributed by atoms with Gasteiger partial charge in [-0.2, -0.15) is 0 Å². The molecule has 3 heterocycles. The molecule has 4 nitrogen and oxygen atoms in total. The highest BCUT2D eigenvalue weighted by molar-refractivity contribution is 5.77. The molecule has 1 spiro atoms. The first-order valence-electron chi connectivity index (χ1n) is 14.8. The number of nitrogens with one attached hydrogen (secondary N) is 2. The van der Waals surface area contributed by atoms with Crippen LogP contribution in [0.4, 0.5) is 0 Å². The molecule has 2 N–H and O–H groups in total. The van der Waals surface area contributed by atoms with Crippen molar-refractivity contribution in [3.05, 3.63) is 11.1 Å². The Hall–Kier alpha value is -0.870. The topological polar surface area (TPSA) is 50.4 Å². The first kappa shape index (κ1) is 26.2. The van der Waals surface area contributed by atoms with Crippen LogP contribution in [0.1, 0.15) is 113 Å². The molecule has 0 bridgehead atoms. The lowest BCUT2D eigenvalue weighted by Gasteiger charge is -2.52. The molecular formula is C30H52N2O2. The van der Waals surface area contributed by atoms with Crippen molar-refractivity contribution < 1.29 is 9.53 Å². The van der Waals surface area contributed by atoms with Crippen LogP contribution in [-0.4, -0.2) is 36.2 Å². The van der Waals surface area contributed by atoms with Gasteiger partial charge in [0, 0.05) is 24.4 Å². The van der Waals surface area contributed by atoms with Crippen LogP contribution >= 0.6 is 0 Å². The lowest BCUT2D eigenvalue weighted by Crippen LogP contribution is -2.57. The smallest absolute Gasteiger partial charge is 0.220 e. The SMILES string of the molecule is CC.CC.CC1=C2CC3C(CCC4NC(=O)CCC43C)C2CCC2(C1)OC1CCCNC1C2C. The minimum Gasteiger partial charge on any atom is -0.369 e. The summed E-state index contributed by atoms with van der Waals surface area (Å²) < 4.78 is 6.93. The lowest BCUT2D eigenvalue weighted by atomic mass is 9.57. The van der Waals surface area contributed by atoms with Gasteiger partial charge in [-0.25, -0.2) is 0 Å². The number of piperidine rings is 2. The third-order valence-corrected chi connectivity index (χ3v) is 10.8. The van der Waals surface area contributed by atoms with E-state index in [1.54, 1.807) is 11.1 Å². The summed E-state index contributed by atoms with van der Waals surface area (Å²) in [6, 6.07) is 0.962. The summed E-state index contributed by atoms with van der Waals surface area (Å²) in [6.45, 7) is 16.5. The van der Waals surface area contributed by atoms with Gasteiger partial charge in [0.15, 0.2) is 0 Å². The zero-order valence-electron chi connectivity index (χ0n) is 23.1. The Balaban J connectivity index is 0.000000652. The maximum absolute atomic E-state index is 12.0. The predicted octanol–water partition coefficient (Wildman–Crippen LogP) is 6.40. The third-order valence-electron chi connectivity index (χ3n) is 10.8. The van der Waals surface area contributed by atoms with Crippen molar-refractivity contribution in [2.24, 2.45) is 29.1 Å². The number of ether oxygens (including phenoxy) is 1. The van der Waals surface area contributed by atoms with Crippen molar-refractivity contribution in [2.45, 2.75) is 136 Å². The van der Waals surface area contributed by atoms with Crippen molar-refractivity contribution >= 4 is 5.91 Å². The number of fused-ring (bicyclic) bond motifs is 6. The summed E-state index contributed by atoms with van der Waals surface area (Å²) >= 11 is 0. The second kappa shape index (κ2) is 10.2. The maximum Gasteiger partial charge on any atom is 0.220 e. The molecule has 34 heavy (non-hydrogen) atoms. The fourth-order valence-corrected chi connectivity index (χ4v) is 9.07. The fraction of sp³-hybridized carbons (Fsp3) is 0.900. The van der Waals surface area contributed by atoms with E-state index in [0.717, 1.165) is 43.6 Å². The zero-order valence-corrected chi connectivity index (χ0v) is 23.1. The first-order valence-corrected chi connectivity index (χ1v) is 14.8. The van der Waals surface area contributed by atoms with E-state index in [2.05, 4.69) is 31.4 Å². The minimum atomic E-state index is 0.0590. The lowest BCUT2D eigenvalue weighted by molar-refractivity contribution is -0.130. The van der Waals surface area contributed by atoms with E-state index >= 15 is 0 Å². The van der Waals surface area contributed by atoms with Gasteiger partial charge in [0.2, 0.25) is 5.91 Å². The molecule has 194 valence electrons. The number of carbonyl (C=O) groups excluding carboxylic acids is 1. The van der Waals surface area contributed by atoms with Crippen molar-refractivity contribution in [1.82, 2.24) is 10.6 Å². The van der Waals surface area contributed by atoms with Crippen LogP contribution in [0.5, 0.6) is 0 Å². The van der Waals surface area contributed by atoms with Gasteiger partial charge >= 0.3 is 0 Å². The Morgan fingerprint density at radius 1 is 1.03 bits per heavy atom. The van der Waals surface area contributed by atoms with Crippen LogP contribution in [0, 0.1) is 29.1 Å². The van der Waals surface area contributed by atoms with Crippen LogP contribution in [-0.2, 0) is 9.53 Å². The average Bonchev–Trinajstić information content (AvgIpc) is 3.33. The van der Waals surface area contributed by atoms with Gasteiger partial charge in [-0.3, -0.25) is 4.79 Å². The van der Waals surface area contributed by atoms with E-state index in [1.165, 1.54) is 44.9 Å². The zero-order chi connectivity index (χ0) is 24.7. The van der Waals surface area contributed by atoms with Crippen LogP contribution < -0.4 is 10.6 Å². The van der Waals surface area contributed by atoms with Gasteiger partial charge < -0.3 is 15.4 Å². The van der Waals surface area contributed by atoms with Crippen molar-refractivity contribution in [1.29, 1.82) is 0 Å². The highest BCUT2D eigenvalue weighted by atomic mass is 16.5. The predicted molar refractivity (Wildman–Crippen MR) is 141 cm³/mol. The number of carbonyl (C=O) groups is 1. The molecule has 5 fully saturated rings. The molecule has 9 unspecified atom stereocenters. The normalized spacial score (nSPS) is 47.0. The van der Waals surface area contributed by atoms with Crippen molar-refractivity contribution in [3.63, 3.8) is 0 Å². The summed E-state index contributed by atoms with van der Waals surface area (Å²) in [5, 5.41) is 7.17. The van der Waals surface area contributed by atoms with E-state index in [0.29, 0.717) is 29.5 Å². The average molecular weight is 473 g/mol. The van der Waals surface area contributed by atoms with Crippen LogP contribution in [0.25, 0.3) is 0 Å². The fourth-order valence-electron chi connectivity index (χ4n) is 9.07. The molecule has 3 saturated heterocycles. The molecule has 6 aliphatic rings. The molecule has 0 radical (unpaired) electrons. The Bertz CT molecular complexity index is 778. The highest BCUT2D eigenvalue weighted by Gasteiger charge is 2.59. The summed E-state index contributed by atoms with van der Waals surface area (Å²) in [5.41, 5.74) is 3.80. The number of amides is 1. The Kier molecular flexibility index (Phi) is 7.89.